The predicted molar refractivity (Wildman–Crippen MR) is 51.3 cm³/mol. The van der Waals surface area contributed by atoms with Gasteiger partial charge in [-0.1, -0.05) is 30.3 Å². The van der Waals surface area contributed by atoms with Crippen LogP contribution in [0.5, 0.6) is 0 Å². The van der Waals surface area contributed by atoms with E-state index in [-0.39, 0.29) is 6.54 Å². The monoisotopic (exact) mass is 244 g/mol. The van der Waals surface area contributed by atoms with Crippen molar-refractivity contribution >= 4 is 0 Å². The first kappa shape index (κ1) is 11.4. The van der Waals surface area contributed by atoms with Gasteiger partial charge in [0, 0.05) is 0 Å². The first-order valence-corrected chi connectivity index (χ1v) is 4.66. The predicted octanol–water partition coefficient (Wildman–Crippen LogP) is 1.90. The Hall–Kier alpha value is -2.05. The third-order valence-electron chi connectivity index (χ3n) is 2.02. The minimum absolute atomic E-state index is 0.0563. The summed E-state index contributed by atoms with van der Waals surface area (Å²) in [5.74, 6) is -2.65. The number of rotatable bonds is 2. The minimum atomic E-state index is -4.75. The van der Waals surface area contributed by atoms with Crippen molar-refractivity contribution in [1.29, 1.82) is 0 Å². The quantitative estimate of drug-likeness (QED) is 0.810. The second-order valence-electron chi connectivity index (χ2n) is 3.31. The molecule has 0 unspecified atom stereocenters. The molecule has 0 radical (unpaired) electrons. The summed E-state index contributed by atoms with van der Waals surface area (Å²) in [7, 11) is 0. The molecule has 0 aliphatic carbocycles. The molecule has 0 fully saturated rings. The summed E-state index contributed by atoms with van der Waals surface area (Å²) in [4.78, 5) is 11.1. The highest BCUT2D eigenvalue weighted by molar-refractivity contribution is 5.14. The Balaban J connectivity index is 2.29. The van der Waals surface area contributed by atoms with Gasteiger partial charge in [0.2, 0.25) is 0 Å². The molecule has 17 heavy (non-hydrogen) atoms. The van der Waals surface area contributed by atoms with Crippen LogP contribution in [0.2, 0.25) is 0 Å². The molecule has 1 aromatic carbocycles. The van der Waals surface area contributed by atoms with Crippen molar-refractivity contribution < 1.29 is 17.6 Å². The first-order chi connectivity index (χ1) is 7.97. The van der Waals surface area contributed by atoms with Crippen LogP contribution in [-0.2, 0) is 12.7 Å². The highest BCUT2D eigenvalue weighted by atomic mass is 19.4. The molecule has 0 aliphatic heterocycles. The van der Waals surface area contributed by atoms with E-state index in [1.54, 1.807) is 30.3 Å². The van der Waals surface area contributed by atoms with E-state index in [9.17, 15) is 18.0 Å². The van der Waals surface area contributed by atoms with E-state index in [0.29, 0.717) is 10.2 Å². The highest BCUT2D eigenvalue weighted by Crippen LogP contribution is 2.26. The maximum Gasteiger partial charge on any atom is 0.470 e. The molecule has 90 valence electrons. The van der Waals surface area contributed by atoms with Gasteiger partial charge in [0.15, 0.2) is 0 Å². The van der Waals surface area contributed by atoms with Crippen LogP contribution in [0.25, 0.3) is 0 Å². The van der Waals surface area contributed by atoms with Crippen LogP contribution in [0.4, 0.5) is 13.2 Å². The molecule has 0 saturated heterocycles. The number of nitrogens with zero attached hydrogens (tertiary/aromatic N) is 2. The van der Waals surface area contributed by atoms with E-state index in [1.807, 2.05) is 0 Å². The molecule has 0 aliphatic rings. The van der Waals surface area contributed by atoms with Crippen molar-refractivity contribution in [2.75, 3.05) is 0 Å². The van der Waals surface area contributed by atoms with E-state index < -0.39 is 17.8 Å². The molecular weight excluding hydrogens is 237 g/mol. The second kappa shape index (κ2) is 4.08. The Kier molecular flexibility index (Phi) is 2.74. The topological polar surface area (TPSA) is 48.0 Å². The number of aromatic nitrogens is 2. The van der Waals surface area contributed by atoms with Gasteiger partial charge in [-0.05, 0) is 5.56 Å². The average molecular weight is 244 g/mol. The number of benzene rings is 1. The Bertz CT molecular complexity index is 557. The van der Waals surface area contributed by atoms with Gasteiger partial charge in [-0.3, -0.25) is 0 Å². The van der Waals surface area contributed by atoms with Gasteiger partial charge in [0.05, 0.1) is 6.54 Å². The fourth-order valence-corrected chi connectivity index (χ4v) is 1.28. The molecule has 1 heterocycles. The Morgan fingerprint density at radius 2 is 1.88 bits per heavy atom. The maximum absolute atomic E-state index is 12.2. The summed E-state index contributed by atoms with van der Waals surface area (Å²) in [5, 5.41) is 3.09. The van der Waals surface area contributed by atoms with E-state index >= 15 is 0 Å². The molecule has 7 heteroatoms. The van der Waals surface area contributed by atoms with Crippen LogP contribution in [0.3, 0.4) is 0 Å². The summed E-state index contributed by atoms with van der Waals surface area (Å²) < 4.78 is 41.3. The molecule has 0 bridgehead atoms. The lowest BCUT2D eigenvalue weighted by atomic mass is 10.2. The van der Waals surface area contributed by atoms with E-state index in [0.717, 1.165) is 0 Å². The smallest absolute Gasteiger partial charge is 0.383 e. The van der Waals surface area contributed by atoms with E-state index in [2.05, 4.69) is 9.52 Å². The zero-order valence-electron chi connectivity index (χ0n) is 8.44. The van der Waals surface area contributed by atoms with Gasteiger partial charge in [0.1, 0.15) is 0 Å². The zero-order chi connectivity index (χ0) is 12.5. The molecule has 1 aromatic heterocycles. The maximum atomic E-state index is 12.2. The lowest BCUT2D eigenvalue weighted by molar-refractivity contribution is -0.157. The SMILES string of the molecule is O=c1oc(C(F)(F)F)nn1Cc1ccccc1. The van der Waals surface area contributed by atoms with Gasteiger partial charge in [-0.15, -0.1) is 5.10 Å². The highest BCUT2D eigenvalue weighted by Gasteiger charge is 2.38. The summed E-state index contributed by atoms with van der Waals surface area (Å²) in [6.45, 7) is -0.0563. The molecule has 4 nitrogen and oxygen atoms in total. The molecule has 0 atom stereocenters. The molecule has 2 rings (SSSR count). The van der Waals surface area contributed by atoms with Crippen LogP contribution in [-0.4, -0.2) is 9.78 Å². The first-order valence-electron chi connectivity index (χ1n) is 4.66. The van der Waals surface area contributed by atoms with Gasteiger partial charge in [-0.2, -0.15) is 17.9 Å². The summed E-state index contributed by atoms with van der Waals surface area (Å²) >= 11 is 0. The number of hydrogen-bond acceptors (Lipinski definition) is 3. The molecule has 0 saturated carbocycles. The zero-order valence-corrected chi connectivity index (χ0v) is 8.44. The van der Waals surface area contributed by atoms with E-state index in [4.69, 9.17) is 0 Å². The van der Waals surface area contributed by atoms with Crippen molar-refractivity contribution in [3.8, 4) is 0 Å². The van der Waals surface area contributed by atoms with E-state index in [1.165, 1.54) is 0 Å². The molecule has 0 amide bonds. The number of alkyl halides is 3. The van der Waals surface area contributed by atoms with Crippen LogP contribution in [0.15, 0.2) is 39.5 Å². The van der Waals surface area contributed by atoms with Crippen molar-refractivity contribution in [3.63, 3.8) is 0 Å². The van der Waals surface area contributed by atoms with Crippen LogP contribution >= 0.6 is 0 Å². The largest absolute Gasteiger partial charge is 0.470 e. The average Bonchev–Trinajstić information content (AvgIpc) is 2.62. The Labute approximate surface area is 93.3 Å². The lowest BCUT2D eigenvalue weighted by Crippen LogP contribution is -2.16. The normalized spacial score (nSPS) is 11.7. The summed E-state index contributed by atoms with van der Waals surface area (Å²) in [6, 6.07) is 8.54. The summed E-state index contributed by atoms with van der Waals surface area (Å²) in [6.07, 6.45) is -4.75. The fourth-order valence-electron chi connectivity index (χ4n) is 1.28. The van der Waals surface area contributed by atoms with Crippen LogP contribution in [0.1, 0.15) is 11.5 Å². The number of halogens is 3. The molecular formula is C10H7F3N2O2. The third-order valence-corrected chi connectivity index (χ3v) is 2.02. The second-order valence-corrected chi connectivity index (χ2v) is 3.31. The molecule has 0 N–H and O–H groups in total. The van der Waals surface area contributed by atoms with Gasteiger partial charge in [0.25, 0.3) is 0 Å². The van der Waals surface area contributed by atoms with Crippen LogP contribution in [0, 0.1) is 0 Å². The Morgan fingerprint density at radius 3 is 2.41 bits per heavy atom. The number of hydrogen-bond donors (Lipinski definition) is 0. The van der Waals surface area contributed by atoms with Crippen molar-refractivity contribution in [2.24, 2.45) is 0 Å². The third kappa shape index (κ3) is 2.55. The van der Waals surface area contributed by atoms with Gasteiger partial charge < -0.3 is 4.42 Å². The lowest BCUT2D eigenvalue weighted by Gasteiger charge is -1.99. The van der Waals surface area contributed by atoms with Crippen molar-refractivity contribution in [1.82, 2.24) is 9.78 Å². The standard InChI is InChI=1S/C10H7F3N2O2/c11-10(12,13)8-14-15(9(16)17-8)6-7-4-2-1-3-5-7/h1-5H,6H2. The van der Waals surface area contributed by atoms with Crippen molar-refractivity contribution in [2.45, 2.75) is 12.7 Å². The summed E-state index contributed by atoms with van der Waals surface area (Å²) in [5.41, 5.74) is 0.664. The molecule has 2 aromatic rings. The van der Waals surface area contributed by atoms with Gasteiger partial charge in [-0.25, -0.2) is 4.79 Å². The minimum Gasteiger partial charge on any atom is -0.383 e. The van der Waals surface area contributed by atoms with Crippen LogP contribution < -0.4 is 5.76 Å². The molecule has 0 spiro atoms. The Morgan fingerprint density at radius 1 is 1.24 bits per heavy atom. The van der Waals surface area contributed by atoms with Crippen molar-refractivity contribution in [3.05, 3.63) is 52.3 Å². The fraction of sp³-hybridized carbons (Fsp3) is 0.200. The van der Waals surface area contributed by atoms with Gasteiger partial charge >= 0.3 is 17.8 Å².